The molecule has 20 nitrogen and oxygen atoms in total. The van der Waals surface area contributed by atoms with Crippen molar-refractivity contribution in [2.45, 2.75) is 141 Å². The Morgan fingerprint density at radius 1 is 0.538 bits per heavy atom. The molecule has 2 aliphatic rings. The van der Waals surface area contributed by atoms with E-state index in [2.05, 4.69) is 42.5 Å². The van der Waals surface area contributed by atoms with Crippen LogP contribution in [0.15, 0.2) is 84.9 Å². The molecule has 22 heteroatoms. The van der Waals surface area contributed by atoms with E-state index in [0.29, 0.717) is 12.8 Å². The van der Waals surface area contributed by atoms with Gasteiger partial charge >= 0.3 is 0 Å². The number of nitrogens with one attached hydrogen (secondary N) is 8. The van der Waals surface area contributed by atoms with Gasteiger partial charge in [-0.1, -0.05) is 108 Å². The molecule has 0 spiro atoms. The van der Waals surface area contributed by atoms with Crippen molar-refractivity contribution in [3.63, 3.8) is 0 Å². The van der Waals surface area contributed by atoms with Crippen LogP contribution < -0.4 is 42.5 Å². The summed E-state index contributed by atoms with van der Waals surface area (Å²) in [5.74, 6) is -4.18. The summed E-state index contributed by atoms with van der Waals surface area (Å²) in [6, 6.07) is 16.1. The predicted octanol–water partition coefficient (Wildman–Crippen LogP) is 1.65. The highest BCUT2D eigenvalue weighted by molar-refractivity contribution is 6.01. The lowest BCUT2D eigenvalue weighted by Gasteiger charge is -2.36. The SMILES string of the molecule is CN[C@@H](C)C(=O)NC(C(=O)N1C[C@@H](NC(=O)c2cccc(C(=O)N[C@H]3CC(C(=O)N[C@H](CO)Cc4ccccc4)N(C(=O)[C@@H](NC(=O)[C@H](C)NC)C(C)(C)C)C3)c2)CC1C(=O)N[C@H](CO)Cc1ccccc1)C(C)(C)C.Cl.Cl. The molecule has 5 rings (SSSR count). The molecule has 78 heavy (non-hydrogen) atoms. The van der Waals surface area contributed by atoms with Gasteiger partial charge in [0.15, 0.2) is 0 Å². The zero-order valence-corrected chi connectivity index (χ0v) is 48.0. The molecule has 2 saturated heterocycles. The van der Waals surface area contributed by atoms with E-state index in [0.717, 1.165) is 11.1 Å². The molecular weight excluding hydrogens is 1040 g/mol. The minimum absolute atomic E-state index is 0. The normalized spacial score (nSPS) is 19.5. The van der Waals surface area contributed by atoms with Gasteiger partial charge in [0.05, 0.1) is 37.4 Å². The van der Waals surface area contributed by atoms with Crippen molar-refractivity contribution in [3.05, 3.63) is 107 Å². The molecule has 0 bridgehead atoms. The van der Waals surface area contributed by atoms with Crippen LogP contribution in [0.1, 0.15) is 100 Å². The van der Waals surface area contributed by atoms with Crippen LogP contribution >= 0.6 is 24.8 Å². The number of rotatable bonds is 22. The lowest BCUT2D eigenvalue weighted by molar-refractivity contribution is -0.144. The van der Waals surface area contributed by atoms with E-state index in [1.165, 1.54) is 34.1 Å². The van der Waals surface area contributed by atoms with Crippen LogP contribution in [-0.4, -0.2) is 168 Å². The highest BCUT2D eigenvalue weighted by atomic mass is 35.5. The smallest absolute Gasteiger partial charge is 0.251 e. The van der Waals surface area contributed by atoms with Crippen LogP contribution in [0.25, 0.3) is 0 Å². The van der Waals surface area contributed by atoms with Gasteiger partial charge in [0, 0.05) is 36.3 Å². The first-order valence-corrected chi connectivity index (χ1v) is 26.1. The van der Waals surface area contributed by atoms with Crippen LogP contribution in [-0.2, 0) is 41.6 Å². The second-order valence-electron chi connectivity index (χ2n) is 22.2. The van der Waals surface area contributed by atoms with Gasteiger partial charge in [0.25, 0.3) is 11.8 Å². The summed E-state index contributed by atoms with van der Waals surface area (Å²) in [4.78, 5) is 115. The Hall–Kier alpha value is -6.16. The number of hydrogen-bond acceptors (Lipinski definition) is 12. The Morgan fingerprint density at radius 2 is 0.885 bits per heavy atom. The number of carbonyl (C=O) groups is 8. The number of hydrogen-bond donors (Lipinski definition) is 10. The lowest BCUT2D eigenvalue weighted by Crippen LogP contribution is -2.60. The van der Waals surface area contributed by atoms with E-state index in [1.807, 2.05) is 60.7 Å². The Labute approximate surface area is 471 Å². The molecular formula is C56H82Cl2N10O10. The third-order valence-electron chi connectivity index (χ3n) is 14.1. The fourth-order valence-corrected chi connectivity index (χ4v) is 9.34. The Kier molecular flexibility index (Phi) is 25.2. The molecule has 10 N–H and O–H groups in total. The van der Waals surface area contributed by atoms with Crippen molar-refractivity contribution in [2.75, 3.05) is 40.4 Å². The van der Waals surface area contributed by atoms with Gasteiger partial charge < -0.3 is 62.5 Å². The Morgan fingerprint density at radius 3 is 1.19 bits per heavy atom. The number of carbonyl (C=O) groups excluding carboxylic acids is 8. The number of halogens is 2. The zero-order chi connectivity index (χ0) is 56.1. The summed E-state index contributed by atoms with van der Waals surface area (Å²) in [6.07, 6.45) is 0.626. The summed E-state index contributed by atoms with van der Waals surface area (Å²) in [6.45, 7) is 13.1. The Bertz CT molecular complexity index is 2350. The molecule has 3 aromatic rings. The summed E-state index contributed by atoms with van der Waals surface area (Å²) >= 11 is 0. The van der Waals surface area contributed by atoms with Gasteiger partial charge in [-0.3, -0.25) is 38.4 Å². The summed E-state index contributed by atoms with van der Waals surface area (Å²) in [5, 5.41) is 43.8. The first kappa shape index (κ1) is 66.1. The van der Waals surface area contributed by atoms with Crippen molar-refractivity contribution in [3.8, 4) is 0 Å². The van der Waals surface area contributed by atoms with Crippen molar-refractivity contribution in [1.29, 1.82) is 0 Å². The molecule has 2 aliphatic heterocycles. The molecule has 430 valence electrons. The average Bonchev–Trinajstić information content (AvgIpc) is 4.06. The lowest BCUT2D eigenvalue weighted by atomic mass is 9.85. The number of likely N-dealkylation sites (tertiary alicyclic amines) is 2. The molecule has 8 amide bonds. The highest BCUT2D eigenvalue weighted by Gasteiger charge is 2.48. The average molecular weight is 1130 g/mol. The third kappa shape index (κ3) is 17.9. The van der Waals surface area contributed by atoms with E-state index in [9.17, 15) is 48.6 Å². The van der Waals surface area contributed by atoms with Gasteiger partial charge in [-0.2, -0.15) is 0 Å². The van der Waals surface area contributed by atoms with Gasteiger partial charge in [0.1, 0.15) is 24.2 Å². The van der Waals surface area contributed by atoms with E-state index in [1.54, 1.807) is 69.5 Å². The van der Waals surface area contributed by atoms with E-state index in [4.69, 9.17) is 0 Å². The van der Waals surface area contributed by atoms with Crippen molar-refractivity contribution < 1.29 is 48.6 Å². The number of aliphatic hydroxyl groups is 2. The van der Waals surface area contributed by atoms with Crippen molar-refractivity contribution in [2.24, 2.45) is 10.8 Å². The molecule has 10 atom stereocenters. The molecule has 3 unspecified atom stereocenters. The van der Waals surface area contributed by atoms with Gasteiger partial charge in [-0.15, -0.1) is 24.8 Å². The molecule has 0 aliphatic carbocycles. The first-order valence-electron chi connectivity index (χ1n) is 26.1. The highest BCUT2D eigenvalue weighted by Crippen LogP contribution is 2.29. The number of nitrogens with zero attached hydrogens (tertiary/aromatic N) is 2. The van der Waals surface area contributed by atoms with Crippen LogP contribution in [0.2, 0.25) is 0 Å². The van der Waals surface area contributed by atoms with Crippen LogP contribution in [0.3, 0.4) is 0 Å². The maximum Gasteiger partial charge on any atom is 0.251 e. The van der Waals surface area contributed by atoms with Crippen LogP contribution in [0, 0.1) is 10.8 Å². The van der Waals surface area contributed by atoms with Gasteiger partial charge in [-0.05, 0) is 93.8 Å². The molecule has 0 aromatic heterocycles. The van der Waals surface area contributed by atoms with Gasteiger partial charge in [0.2, 0.25) is 35.4 Å². The van der Waals surface area contributed by atoms with E-state index >= 15 is 0 Å². The number of aliphatic hydroxyl groups excluding tert-OH is 2. The monoisotopic (exact) mass is 1120 g/mol. The number of likely N-dealkylation sites (N-methyl/N-ethyl adjacent to an activating group) is 2. The third-order valence-corrected chi connectivity index (χ3v) is 14.1. The summed E-state index contributed by atoms with van der Waals surface area (Å²) in [7, 11) is 3.24. The van der Waals surface area contributed by atoms with Crippen LogP contribution in [0.4, 0.5) is 0 Å². The fraction of sp³-hybridized carbons (Fsp3) is 0.536. The minimum Gasteiger partial charge on any atom is -0.394 e. The quantitative estimate of drug-likeness (QED) is 0.0688. The predicted molar refractivity (Wildman–Crippen MR) is 302 cm³/mol. The fourth-order valence-electron chi connectivity index (χ4n) is 9.34. The van der Waals surface area contributed by atoms with E-state index < -0.39 is 119 Å². The molecule has 2 fully saturated rings. The number of amides is 8. The molecule has 0 radical (unpaired) electrons. The van der Waals surface area contributed by atoms with Crippen LogP contribution in [0.5, 0.6) is 0 Å². The minimum atomic E-state index is -1.10. The summed E-state index contributed by atoms with van der Waals surface area (Å²) < 4.78 is 0. The van der Waals surface area contributed by atoms with Crippen molar-refractivity contribution >= 4 is 72.1 Å². The zero-order valence-electron chi connectivity index (χ0n) is 46.4. The topological polar surface area (TPSA) is 280 Å². The van der Waals surface area contributed by atoms with E-state index in [-0.39, 0.29) is 75.1 Å². The van der Waals surface area contributed by atoms with Crippen molar-refractivity contribution in [1.82, 2.24) is 52.3 Å². The molecule has 0 saturated carbocycles. The Balaban J connectivity index is 0.00000800. The van der Waals surface area contributed by atoms with Gasteiger partial charge in [-0.25, -0.2) is 0 Å². The second-order valence-corrected chi connectivity index (χ2v) is 22.2. The maximum absolute atomic E-state index is 14.6. The molecule has 3 aromatic carbocycles. The maximum atomic E-state index is 14.6. The largest absolute Gasteiger partial charge is 0.394 e. The summed E-state index contributed by atoms with van der Waals surface area (Å²) in [5.41, 5.74) is 0.344. The standard InChI is InChI=1S/C56H80N10O10.2ClH/c1-33(57-9)47(69)63-45(55(3,4)5)53(75)65-29-39(27-43(65)51(73)61-41(31-67)24-35-18-13-11-14-19-35)59-49(71)37-22-17-23-38(26-37)50(72)60-40-28-44(52(74)62-42(32-68)25-36-20-15-12-16-21-36)66(30-40)54(76)46(56(6,7)8)64-48(70)34(2)58-10;;/h11-23,26,33-34,39-46,57-58,67-68H,24-25,27-32H2,1-10H3,(H,59,71)(H,60,72)(H,61,73)(H,62,74)(H,63,69)(H,64,70);2*1H/t33-,34-,39-,40-,41-,42-,43?,44?,45+,46?;;/m0../s1. The molecule has 2 heterocycles. The number of benzene rings is 3. The second kappa shape index (κ2) is 29.7. The first-order chi connectivity index (χ1) is 35.9.